The Balaban J connectivity index is 1.19. The van der Waals surface area contributed by atoms with Crippen molar-refractivity contribution < 1.29 is 4.74 Å². The van der Waals surface area contributed by atoms with E-state index >= 15 is 0 Å². The predicted octanol–water partition coefficient (Wildman–Crippen LogP) is 3.56. The average Bonchev–Trinajstić information content (AvgIpc) is 2.62. The number of hydrogen-bond donors (Lipinski definition) is 0. The number of nitrogens with zero attached hydrogens (tertiary/aromatic N) is 2. The molecule has 2 aromatic rings. The van der Waals surface area contributed by atoms with E-state index in [-0.39, 0.29) is 0 Å². The fourth-order valence-electron chi connectivity index (χ4n) is 3.74. The molecule has 0 radical (unpaired) electrons. The monoisotopic (exact) mass is 322 g/mol. The first-order chi connectivity index (χ1) is 11.9. The minimum absolute atomic E-state index is 0.447. The Kier molecular flexibility index (Phi) is 4.81. The number of anilines is 1. The highest BCUT2D eigenvalue weighted by Crippen LogP contribution is 2.30. The summed E-state index contributed by atoms with van der Waals surface area (Å²) in [5, 5.41) is 0. The van der Waals surface area contributed by atoms with E-state index in [1.165, 1.54) is 37.2 Å². The Labute approximate surface area is 144 Å². The molecule has 0 aromatic heterocycles. The zero-order valence-corrected chi connectivity index (χ0v) is 14.2. The van der Waals surface area contributed by atoms with Gasteiger partial charge in [0.05, 0.1) is 12.7 Å². The molecule has 0 bridgehead atoms. The molecule has 24 heavy (non-hydrogen) atoms. The van der Waals surface area contributed by atoms with E-state index in [4.69, 9.17) is 4.74 Å². The molecule has 3 nitrogen and oxygen atoms in total. The standard InChI is InChI=1S/C21H26N2O/c1-3-7-18(8-4-1)17-24-21-15-20(16-21)23-13-11-22(12-14-23)19-9-5-2-6-10-19/h1-10,20-21H,11-17H2. The molecule has 4 rings (SSSR count). The Morgan fingerprint density at radius 3 is 2.08 bits per heavy atom. The second kappa shape index (κ2) is 7.37. The smallest absolute Gasteiger partial charge is 0.0720 e. The summed E-state index contributed by atoms with van der Waals surface area (Å²) in [4.78, 5) is 5.15. The zero-order valence-electron chi connectivity index (χ0n) is 14.2. The van der Waals surface area contributed by atoms with Crippen LogP contribution < -0.4 is 4.90 Å². The Hall–Kier alpha value is -1.84. The van der Waals surface area contributed by atoms with Crippen molar-refractivity contribution in [2.75, 3.05) is 31.1 Å². The molecule has 0 amide bonds. The van der Waals surface area contributed by atoms with E-state index in [1.807, 2.05) is 0 Å². The van der Waals surface area contributed by atoms with Crippen molar-refractivity contribution in [3.8, 4) is 0 Å². The van der Waals surface area contributed by atoms with Crippen LogP contribution in [-0.4, -0.2) is 43.2 Å². The summed E-state index contributed by atoms with van der Waals surface area (Å²) in [6.07, 6.45) is 2.83. The first kappa shape index (κ1) is 15.7. The Morgan fingerprint density at radius 1 is 0.792 bits per heavy atom. The summed E-state index contributed by atoms with van der Waals surface area (Å²) in [5.41, 5.74) is 2.63. The molecule has 2 aliphatic rings. The molecule has 2 aromatic carbocycles. The van der Waals surface area contributed by atoms with E-state index in [9.17, 15) is 0 Å². The van der Waals surface area contributed by atoms with Crippen LogP contribution >= 0.6 is 0 Å². The van der Waals surface area contributed by atoms with Gasteiger partial charge in [-0.1, -0.05) is 48.5 Å². The Morgan fingerprint density at radius 2 is 1.42 bits per heavy atom. The van der Waals surface area contributed by atoms with Crippen LogP contribution in [-0.2, 0) is 11.3 Å². The second-order valence-electron chi connectivity index (χ2n) is 6.90. The fraction of sp³-hybridized carbons (Fsp3) is 0.429. The molecule has 1 aliphatic heterocycles. The summed E-state index contributed by atoms with van der Waals surface area (Å²) in [5.74, 6) is 0. The molecular formula is C21H26N2O. The number of para-hydroxylation sites is 1. The van der Waals surface area contributed by atoms with E-state index < -0.39 is 0 Å². The first-order valence-corrected chi connectivity index (χ1v) is 9.08. The van der Waals surface area contributed by atoms with Crippen LogP contribution in [0, 0.1) is 0 Å². The van der Waals surface area contributed by atoms with Gasteiger partial charge >= 0.3 is 0 Å². The molecule has 126 valence electrons. The van der Waals surface area contributed by atoms with E-state index in [2.05, 4.69) is 70.5 Å². The van der Waals surface area contributed by atoms with Gasteiger partial charge in [0.25, 0.3) is 0 Å². The molecule has 1 saturated heterocycles. The molecule has 0 spiro atoms. The lowest BCUT2D eigenvalue weighted by atomic mass is 9.87. The van der Waals surface area contributed by atoms with Crippen LogP contribution in [0.3, 0.4) is 0 Å². The maximum atomic E-state index is 6.04. The van der Waals surface area contributed by atoms with Crippen molar-refractivity contribution in [2.24, 2.45) is 0 Å². The molecule has 2 fully saturated rings. The van der Waals surface area contributed by atoms with Gasteiger partial charge in [-0.15, -0.1) is 0 Å². The molecule has 0 N–H and O–H groups in total. The lowest BCUT2D eigenvalue weighted by Crippen LogP contribution is -2.55. The summed E-state index contributed by atoms with van der Waals surface area (Å²) >= 11 is 0. The van der Waals surface area contributed by atoms with Crippen LogP contribution in [0.5, 0.6) is 0 Å². The maximum Gasteiger partial charge on any atom is 0.0720 e. The number of piperazine rings is 1. The maximum absolute atomic E-state index is 6.04. The lowest BCUT2D eigenvalue weighted by molar-refractivity contribution is -0.0598. The molecule has 0 atom stereocenters. The quantitative estimate of drug-likeness (QED) is 0.837. The van der Waals surface area contributed by atoms with Crippen LogP contribution in [0.15, 0.2) is 60.7 Å². The summed E-state index contributed by atoms with van der Waals surface area (Å²) in [6, 6.07) is 22.0. The number of benzene rings is 2. The van der Waals surface area contributed by atoms with E-state index in [0.717, 1.165) is 25.7 Å². The van der Waals surface area contributed by atoms with Crippen molar-refractivity contribution in [2.45, 2.75) is 31.6 Å². The minimum atomic E-state index is 0.447. The predicted molar refractivity (Wildman–Crippen MR) is 98.3 cm³/mol. The summed E-state index contributed by atoms with van der Waals surface area (Å²) in [7, 11) is 0. The van der Waals surface area contributed by atoms with E-state index in [0.29, 0.717) is 6.10 Å². The summed E-state index contributed by atoms with van der Waals surface area (Å²) in [6.45, 7) is 5.36. The van der Waals surface area contributed by atoms with Crippen molar-refractivity contribution >= 4 is 5.69 Å². The van der Waals surface area contributed by atoms with Gasteiger partial charge in [0.2, 0.25) is 0 Å². The van der Waals surface area contributed by atoms with Crippen LogP contribution in [0.2, 0.25) is 0 Å². The molecule has 1 heterocycles. The van der Waals surface area contributed by atoms with Crippen molar-refractivity contribution in [1.82, 2.24) is 4.90 Å². The topological polar surface area (TPSA) is 15.7 Å². The van der Waals surface area contributed by atoms with Gasteiger partial charge in [-0.3, -0.25) is 4.90 Å². The van der Waals surface area contributed by atoms with Crippen molar-refractivity contribution in [1.29, 1.82) is 0 Å². The average molecular weight is 322 g/mol. The SMILES string of the molecule is c1ccc(COC2CC(N3CCN(c4ccccc4)CC3)C2)cc1. The van der Waals surface area contributed by atoms with Gasteiger partial charge in [-0.25, -0.2) is 0 Å². The van der Waals surface area contributed by atoms with Gasteiger partial charge in [0.1, 0.15) is 0 Å². The number of rotatable bonds is 5. The molecule has 1 saturated carbocycles. The highest BCUT2D eigenvalue weighted by molar-refractivity contribution is 5.46. The highest BCUT2D eigenvalue weighted by Gasteiger charge is 2.35. The van der Waals surface area contributed by atoms with Crippen molar-refractivity contribution in [3.05, 3.63) is 66.2 Å². The zero-order chi connectivity index (χ0) is 16.2. The van der Waals surface area contributed by atoms with Crippen LogP contribution in [0.1, 0.15) is 18.4 Å². The Bertz CT molecular complexity index is 617. The fourth-order valence-corrected chi connectivity index (χ4v) is 3.74. The molecule has 1 aliphatic carbocycles. The van der Waals surface area contributed by atoms with Crippen LogP contribution in [0.4, 0.5) is 5.69 Å². The van der Waals surface area contributed by atoms with Gasteiger partial charge in [-0.05, 0) is 30.5 Å². The van der Waals surface area contributed by atoms with Gasteiger partial charge < -0.3 is 9.64 Å². The first-order valence-electron chi connectivity index (χ1n) is 9.08. The normalized spacial score (nSPS) is 24.6. The third kappa shape index (κ3) is 3.63. The molecule has 0 unspecified atom stereocenters. The third-order valence-electron chi connectivity index (χ3n) is 5.35. The molecule has 3 heteroatoms. The third-order valence-corrected chi connectivity index (χ3v) is 5.35. The van der Waals surface area contributed by atoms with Gasteiger partial charge in [0, 0.05) is 37.9 Å². The molecular weight excluding hydrogens is 296 g/mol. The number of hydrogen-bond acceptors (Lipinski definition) is 3. The summed E-state index contributed by atoms with van der Waals surface area (Å²) < 4.78 is 6.04. The second-order valence-corrected chi connectivity index (χ2v) is 6.90. The number of ether oxygens (including phenoxy) is 1. The largest absolute Gasteiger partial charge is 0.373 e. The lowest BCUT2D eigenvalue weighted by Gasteiger charge is -2.46. The minimum Gasteiger partial charge on any atom is -0.373 e. The van der Waals surface area contributed by atoms with Gasteiger partial charge in [-0.2, -0.15) is 0 Å². The van der Waals surface area contributed by atoms with E-state index in [1.54, 1.807) is 0 Å². The van der Waals surface area contributed by atoms with Gasteiger partial charge in [0.15, 0.2) is 0 Å². The highest BCUT2D eigenvalue weighted by atomic mass is 16.5. The van der Waals surface area contributed by atoms with Crippen molar-refractivity contribution in [3.63, 3.8) is 0 Å². The van der Waals surface area contributed by atoms with Crippen LogP contribution in [0.25, 0.3) is 0 Å².